The fraction of sp³-hybridized carbons (Fsp3) is 0.579. The summed E-state index contributed by atoms with van der Waals surface area (Å²) in [6.45, 7) is 4.78. The minimum atomic E-state index is -0.0309. The SMILES string of the molecule is N#Cc1cccc(C(=O)N2C[C@H](CO)C[C@H](CN3CCCC3)C2)c1. The third kappa shape index (κ3) is 3.95. The Kier molecular flexibility index (Phi) is 5.49. The molecule has 0 spiro atoms. The van der Waals surface area contributed by atoms with Gasteiger partial charge < -0.3 is 14.9 Å². The van der Waals surface area contributed by atoms with Crippen molar-refractivity contribution in [2.24, 2.45) is 11.8 Å². The van der Waals surface area contributed by atoms with Gasteiger partial charge in [0.15, 0.2) is 0 Å². The number of hydrogen-bond donors (Lipinski definition) is 1. The van der Waals surface area contributed by atoms with Gasteiger partial charge in [0.1, 0.15) is 0 Å². The minimum absolute atomic E-state index is 0.0309. The van der Waals surface area contributed by atoms with Crippen molar-refractivity contribution in [2.75, 3.05) is 39.3 Å². The molecule has 0 saturated carbocycles. The first-order chi connectivity index (χ1) is 11.7. The van der Waals surface area contributed by atoms with Gasteiger partial charge in [-0.05, 0) is 62.4 Å². The van der Waals surface area contributed by atoms with Crippen molar-refractivity contribution in [1.82, 2.24) is 9.80 Å². The van der Waals surface area contributed by atoms with E-state index in [1.165, 1.54) is 12.8 Å². The van der Waals surface area contributed by atoms with Gasteiger partial charge >= 0.3 is 0 Å². The Balaban J connectivity index is 1.70. The Morgan fingerprint density at radius 3 is 2.71 bits per heavy atom. The normalized spacial score (nSPS) is 24.8. The molecule has 1 amide bonds. The summed E-state index contributed by atoms with van der Waals surface area (Å²) in [5, 5.41) is 18.6. The van der Waals surface area contributed by atoms with Crippen LogP contribution < -0.4 is 0 Å². The molecule has 0 radical (unpaired) electrons. The highest BCUT2D eigenvalue weighted by atomic mass is 16.3. The molecule has 0 aromatic heterocycles. The van der Waals surface area contributed by atoms with Crippen LogP contribution in [0.15, 0.2) is 24.3 Å². The van der Waals surface area contributed by atoms with Crippen LogP contribution in [0.25, 0.3) is 0 Å². The van der Waals surface area contributed by atoms with E-state index in [2.05, 4.69) is 11.0 Å². The van der Waals surface area contributed by atoms with E-state index >= 15 is 0 Å². The molecule has 2 heterocycles. The molecule has 128 valence electrons. The number of benzene rings is 1. The topological polar surface area (TPSA) is 67.6 Å². The number of nitrogens with zero attached hydrogens (tertiary/aromatic N) is 3. The Morgan fingerprint density at radius 2 is 2.00 bits per heavy atom. The maximum absolute atomic E-state index is 12.8. The first-order valence-corrected chi connectivity index (χ1v) is 8.82. The molecule has 1 N–H and O–H groups in total. The molecule has 2 aliphatic rings. The predicted octanol–water partition coefficient (Wildman–Crippen LogP) is 1.72. The van der Waals surface area contributed by atoms with Gasteiger partial charge in [-0.3, -0.25) is 4.79 Å². The van der Waals surface area contributed by atoms with Crippen LogP contribution in [-0.4, -0.2) is 60.1 Å². The number of nitriles is 1. The van der Waals surface area contributed by atoms with E-state index in [9.17, 15) is 9.90 Å². The molecule has 1 aromatic carbocycles. The van der Waals surface area contributed by atoms with Crippen molar-refractivity contribution in [3.8, 4) is 6.07 Å². The first-order valence-electron chi connectivity index (χ1n) is 8.82. The van der Waals surface area contributed by atoms with Crippen LogP contribution in [0.1, 0.15) is 35.2 Å². The monoisotopic (exact) mass is 327 g/mol. The van der Waals surface area contributed by atoms with Gasteiger partial charge in [0.2, 0.25) is 0 Å². The summed E-state index contributed by atoms with van der Waals surface area (Å²) in [7, 11) is 0. The second kappa shape index (κ2) is 7.78. The number of carbonyl (C=O) groups excluding carboxylic acids is 1. The summed E-state index contributed by atoms with van der Waals surface area (Å²) in [6.07, 6.45) is 3.51. The van der Waals surface area contributed by atoms with E-state index in [-0.39, 0.29) is 18.4 Å². The van der Waals surface area contributed by atoms with Gasteiger partial charge in [0, 0.05) is 31.8 Å². The lowest BCUT2D eigenvalue weighted by molar-refractivity contribution is 0.0465. The molecule has 5 nitrogen and oxygen atoms in total. The Morgan fingerprint density at radius 1 is 1.25 bits per heavy atom. The van der Waals surface area contributed by atoms with Gasteiger partial charge in [-0.2, -0.15) is 5.26 Å². The van der Waals surface area contributed by atoms with Gasteiger partial charge in [-0.15, -0.1) is 0 Å². The second-order valence-electron chi connectivity index (χ2n) is 7.06. The zero-order valence-electron chi connectivity index (χ0n) is 14.0. The van der Waals surface area contributed by atoms with E-state index in [4.69, 9.17) is 5.26 Å². The zero-order chi connectivity index (χ0) is 16.9. The van der Waals surface area contributed by atoms with Crippen LogP contribution in [0.3, 0.4) is 0 Å². The fourth-order valence-electron chi connectivity index (χ4n) is 3.98. The molecule has 0 aliphatic carbocycles. The maximum atomic E-state index is 12.8. The number of aliphatic hydroxyl groups is 1. The molecule has 0 bridgehead atoms. The van der Waals surface area contributed by atoms with Gasteiger partial charge in [-0.1, -0.05) is 6.07 Å². The third-order valence-electron chi connectivity index (χ3n) is 5.12. The molecule has 24 heavy (non-hydrogen) atoms. The van der Waals surface area contributed by atoms with Gasteiger partial charge in [0.05, 0.1) is 11.6 Å². The largest absolute Gasteiger partial charge is 0.396 e. The molecule has 2 fully saturated rings. The van der Waals surface area contributed by atoms with Gasteiger partial charge in [0.25, 0.3) is 5.91 Å². The van der Waals surface area contributed by atoms with Crippen molar-refractivity contribution in [3.63, 3.8) is 0 Å². The molecule has 2 atom stereocenters. The molecule has 2 aliphatic heterocycles. The predicted molar refractivity (Wildman–Crippen MR) is 91.4 cm³/mol. The van der Waals surface area contributed by atoms with Crippen molar-refractivity contribution >= 4 is 5.91 Å². The minimum Gasteiger partial charge on any atom is -0.396 e. The number of amides is 1. The van der Waals surface area contributed by atoms with Gasteiger partial charge in [-0.25, -0.2) is 0 Å². The van der Waals surface area contributed by atoms with E-state index < -0.39 is 0 Å². The molecule has 0 unspecified atom stereocenters. The Labute approximate surface area is 143 Å². The summed E-state index contributed by atoms with van der Waals surface area (Å²) in [6, 6.07) is 8.96. The number of rotatable bonds is 4. The zero-order valence-corrected chi connectivity index (χ0v) is 14.0. The molecular weight excluding hydrogens is 302 g/mol. The number of likely N-dealkylation sites (tertiary alicyclic amines) is 2. The summed E-state index contributed by atoms with van der Waals surface area (Å²) in [4.78, 5) is 17.2. The fourth-order valence-corrected chi connectivity index (χ4v) is 3.98. The molecule has 5 heteroatoms. The summed E-state index contributed by atoms with van der Waals surface area (Å²) >= 11 is 0. The van der Waals surface area contributed by atoms with Crippen molar-refractivity contribution < 1.29 is 9.90 Å². The highest BCUT2D eigenvalue weighted by Gasteiger charge is 2.31. The molecule has 3 rings (SSSR count). The third-order valence-corrected chi connectivity index (χ3v) is 5.12. The lowest BCUT2D eigenvalue weighted by Gasteiger charge is -2.38. The van der Waals surface area contributed by atoms with E-state index in [0.29, 0.717) is 23.6 Å². The molecule has 1 aromatic rings. The van der Waals surface area contributed by atoms with Crippen LogP contribution in [0.4, 0.5) is 0 Å². The van der Waals surface area contributed by atoms with E-state index in [1.54, 1.807) is 24.3 Å². The number of hydrogen-bond acceptors (Lipinski definition) is 4. The Hall–Kier alpha value is -1.90. The van der Waals surface area contributed by atoms with Crippen molar-refractivity contribution in [2.45, 2.75) is 19.3 Å². The Bertz CT molecular complexity index is 619. The summed E-state index contributed by atoms with van der Waals surface area (Å²) in [5.41, 5.74) is 1.07. The van der Waals surface area contributed by atoms with Crippen LogP contribution in [-0.2, 0) is 0 Å². The smallest absolute Gasteiger partial charge is 0.253 e. The maximum Gasteiger partial charge on any atom is 0.253 e. The highest BCUT2D eigenvalue weighted by Crippen LogP contribution is 2.25. The number of aliphatic hydroxyl groups excluding tert-OH is 1. The summed E-state index contributed by atoms with van der Waals surface area (Å²) in [5.74, 6) is 0.531. The molecule has 2 saturated heterocycles. The highest BCUT2D eigenvalue weighted by molar-refractivity contribution is 5.94. The van der Waals surface area contributed by atoms with Crippen LogP contribution >= 0.6 is 0 Å². The molecular formula is C19H25N3O2. The standard InChI is InChI=1S/C19H25N3O2/c20-10-15-4-3-5-18(9-15)19(24)22-12-16(8-17(13-22)14-23)11-21-6-1-2-7-21/h3-5,9,16-17,23H,1-2,6-8,11-14H2/t16-,17-/m1/s1. The van der Waals surface area contributed by atoms with Crippen molar-refractivity contribution in [3.05, 3.63) is 35.4 Å². The quantitative estimate of drug-likeness (QED) is 0.914. The van der Waals surface area contributed by atoms with E-state index in [0.717, 1.165) is 32.6 Å². The summed E-state index contributed by atoms with van der Waals surface area (Å²) < 4.78 is 0. The van der Waals surface area contributed by atoms with Crippen LogP contribution in [0.5, 0.6) is 0 Å². The first kappa shape index (κ1) is 16.9. The average Bonchev–Trinajstić information content (AvgIpc) is 3.13. The van der Waals surface area contributed by atoms with Crippen LogP contribution in [0.2, 0.25) is 0 Å². The van der Waals surface area contributed by atoms with Crippen LogP contribution in [0, 0.1) is 23.2 Å². The second-order valence-corrected chi connectivity index (χ2v) is 7.06. The number of carbonyl (C=O) groups is 1. The van der Waals surface area contributed by atoms with E-state index in [1.807, 2.05) is 4.90 Å². The lowest BCUT2D eigenvalue weighted by Crippen LogP contribution is -2.47. The lowest BCUT2D eigenvalue weighted by atomic mass is 9.88. The van der Waals surface area contributed by atoms with Crippen molar-refractivity contribution in [1.29, 1.82) is 5.26 Å². The average molecular weight is 327 g/mol. The number of piperidine rings is 1.